The second-order valence-corrected chi connectivity index (χ2v) is 4.90. The highest BCUT2D eigenvalue weighted by Crippen LogP contribution is 2.12. The van der Waals surface area contributed by atoms with E-state index in [9.17, 15) is 0 Å². The zero-order chi connectivity index (χ0) is 15.8. The quantitative estimate of drug-likeness (QED) is 0.657. The standard InChI is InChI=1S/C17H22N4O/c1-13-6-5-9-19-16(13)12-21-17(18-2)20-11-14-7-4-8-15(10-14)22-3/h4-10H,11-12H2,1-3H3,(H2,18,20,21). The Hall–Kier alpha value is -2.56. The number of aliphatic imine (C=N–C) groups is 1. The molecule has 0 aliphatic carbocycles. The number of hydrogen-bond donors (Lipinski definition) is 2. The smallest absolute Gasteiger partial charge is 0.191 e. The first-order valence-corrected chi connectivity index (χ1v) is 7.21. The predicted molar refractivity (Wildman–Crippen MR) is 89.0 cm³/mol. The molecule has 0 fully saturated rings. The van der Waals surface area contributed by atoms with Gasteiger partial charge in [-0.3, -0.25) is 9.98 Å². The fraction of sp³-hybridized carbons (Fsp3) is 0.294. The Morgan fingerprint density at radius 2 is 2.00 bits per heavy atom. The van der Waals surface area contributed by atoms with E-state index in [0.717, 1.165) is 23.0 Å². The number of methoxy groups -OCH3 is 1. The first kappa shape index (κ1) is 15.8. The molecule has 2 aromatic rings. The van der Waals surface area contributed by atoms with Crippen LogP contribution in [0.4, 0.5) is 0 Å². The summed E-state index contributed by atoms with van der Waals surface area (Å²) in [6.07, 6.45) is 1.80. The second kappa shape index (κ2) is 8.02. The van der Waals surface area contributed by atoms with E-state index in [0.29, 0.717) is 13.1 Å². The lowest BCUT2D eigenvalue weighted by molar-refractivity contribution is 0.414. The molecule has 0 bridgehead atoms. The van der Waals surface area contributed by atoms with E-state index < -0.39 is 0 Å². The molecule has 22 heavy (non-hydrogen) atoms. The molecule has 0 atom stereocenters. The third kappa shape index (κ3) is 4.48. The number of ether oxygens (including phenoxy) is 1. The molecule has 1 heterocycles. The largest absolute Gasteiger partial charge is 0.497 e. The SMILES string of the molecule is CN=C(NCc1cccc(OC)c1)NCc1ncccc1C. The third-order valence-corrected chi connectivity index (χ3v) is 3.36. The van der Waals surface area contributed by atoms with Gasteiger partial charge in [0.05, 0.1) is 19.3 Å². The average molecular weight is 298 g/mol. The number of guanidine groups is 1. The Bertz CT molecular complexity index is 640. The fourth-order valence-electron chi connectivity index (χ4n) is 2.06. The van der Waals surface area contributed by atoms with E-state index in [-0.39, 0.29) is 0 Å². The zero-order valence-corrected chi connectivity index (χ0v) is 13.3. The van der Waals surface area contributed by atoms with Crippen LogP contribution in [0.1, 0.15) is 16.8 Å². The van der Waals surface area contributed by atoms with Gasteiger partial charge in [-0.25, -0.2) is 0 Å². The van der Waals surface area contributed by atoms with Crippen LogP contribution in [0.2, 0.25) is 0 Å². The van der Waals surface area contributed by atoms with Crippen molar-refractivity contribution >= 4 is 5.96 Å². The predicted octanol–water partition coefficient (Wildman–Crippen LogP) is 2.26. The normalized spacial score (nSPS) is 11.1. The molecule has 1 aromatic heterocycles. The third-order valence-electron chi connectivity index (χ3n) is 3.36. The van der Waals surface area contributed by atoms with Crippen molar-refractivity contribution in [2.45, 2.75) is 20.0 Å². The Labute approximate surface area is 131 Å². The summed E-state index contributed by atoms with van der Waals surface area (Å²) in [5.74, 6) is 1.60. The van der Waals surface area contributed by atoms with Crippen LogP contribution in [0.3, 0.4) is 0 Å². The minimum absolute atomic E-state index is 0.643. The Kier molecular flexibility index (Phi) is 5.77. The van der Waals surface area contributed by atoms with Crippen molar-refractivity contribution in [2.75, 3.05) is 14.2 Å². The van der Waals surface area contributed by atoms with E-state index in [2.05, 4.69) is 33.6 Å². The van der Waals surface area contributed by atoms with Crippen LogP contribution in [-0.2, 0) is 13.1 Å². The van der Waals surface area contributed by atoms with E-state index in [4.69, 9.17) is 4.74 Å². The van der Waals surface area contributed by atoms with Crippen molar-refractivity contribution in [2.24, 2.45) is 4.99 Å². The molecule has 5 nitrogen and oxygen atoms in total. The lowest BCUT2D eigenvalue weighted by Gasteiger charge is -2.13. The lowest BCUT2D eigenvalue weighted by atomic mass is 10.2. The van der Waals surface area contributed by atoms with Gasteiger partial charge in [-0.15, -0.1) is 0 Å². The van der Waals surface area contributed by atoms with Gasteiger partial charge in [-0.1, -0.05) is 18.2 Å². The van der Waals surface area contributed by atoms with Gasteiger partial charge in [0.15, 0.2) is 5.96 Å². The molecular formula is C17H22N4O. The van der Waals surface area contributed by atoms with Crippen molar-refractivity contribution in [3.05, 3.63) is 59.4 Å². The number of nitrogens with one attached hydrogen (secondary N) is 2. The van der Waals surface area contributed by atoms with Crippen LogP contribution in [0.25, 0.3) is 0 Å². The molecule has 0 radical (unpaired) electrons. The van der Waals surface area contributed by atoms with E-state index in [1.165, 1.54) is 5.56 Å². The van der Waals surface area contributed by atoms with E-state index >= 15 is 0 Å². The van der Waals surface area contributed by atoms with Crippen molar-refractivity contribution in [1.29, 1.82) is 0 Å². The van der Waals surface area contributed by atoms with Gasteiger partial charge in [0.2, 0.25) is 0 Å². The molecule has 0 aliphatic rings. The average Bonchev–Trinajstić information content (AvgIpc) is 2.56. The van der Waals surface area contributed by atoms with Gasteiger partial charge in [0.1, 0.15) is 5.75 Å². The Morgan fingerprint density at radius 3 is 2.73 bits per heavy atom. The number of aromatic nitrogens is 1. The summed E-state index contributed by atoms with van der Waals surface area (Å²) in [4.78, 5) is 8.59. The van der Waals surface area contributed by atoms with Crippen LogP contribution < -0.4 is 15.4 Å². The van der Waals surface area contributed by atoms with Gasteiger partial charge < -0.3 is 15.4 Å². The Morgan fingerprint density at radius 1 is 1.18 bits per heavy atom. The summed E-state index contributed by atoms with van der Waals surface area (Å²) in [6, 6.07) is 11.9. The molecule has 116 valence electrons. The number of aryl methyl sites for hydroxylation is 1. The van der Waals surface area contributed by atoms with Crippen molar-refractivity contribution in [3.63, 3.8) is 0 Å². The maximum atomic E-state index is 5.22. The molecule has 0 aliphatic heterocycles. The summed E-state index contributed by atoms with van der Waals surface area (Å²) in [7, 11) is 3.43. The minimum atomic E-state index is 0.643. The van der Waals surface area contributed by atoms with E-state index in [1.807, 2.05) is 30.3 Å². The summed E-state index contributed by atoms with van der Waals surface area (Å²) in [6.45, 7) is 3.37. The molecule has 0 saturated heterocycles. The highest BCUT2D eigenvalue weighted by atomic mass is 16.5. The lowest BCUT2D eigenvalue weighted by Crippen LogP contribution is -2.36. The van der Waals surface area contributed by atoms with Gasteiger partial charge in [0, 0.05) is 19.8 Å². The zero-order valence-electron chi connectivity index (χ0n) is 13.3. The van der Waals surface area contributed by atoms with Crippen LogP contribution in [0, 0.1) is 6.92 Å². The fourth-order valence-corrected chi connectivity index (χ4v) is 2.06. The van der Waals surface area contributed by atoms with Gasteiger partial charge in [-0.05, 0) is 36.2 Å². The monoisotopic (exact) mass is 298 g/mol. The van der Waals surface area contributed by atoms with Crippen LogP contribution in [0.5, 0.6) is 5.75 Å². The van der Waals surface area contributed by atoms with Gasteiger partial charge in [-0.2, -0.15) is 0 Å². The molecule has 5 heteroatoms. The van der Waals surface area contributed by atoms with Crippen LogP contribution in [0.15, 0.2) is 47.6 Å². The molecule has 2 rings (SSSR count). The van der Waals surface area contributed by atoms with E-state index in [1.54, 1.807) is 20.4 Å². The molecule has 0 amide bonds. The maximum Gasteiger partial charge on any atom is 0.191 e. The summed E-state index contributed by atoms with van der Waals surface area (Å²) < 4.78 is 5.22. The number of benzene rings is 1. The van der Waals surface area contributed by atoms with Gasteiger partial charge in [0.25, 0.3) is 0 Å². The van der Waals surface area contributed by atoms with Crippen LogP contribution >= 0.6 is 0 Å². The van der Waals surface area contributed by atoms with Gasteiger partial charge >= 0.3 is 0 Å². The molecule has 0 saturated carbocycles. The number of nitrogens with zero attached hydrogens (tertiary/aromatic N) is 2. The van der Waals surface area contributed by atoms with Crippen LogP contribution in [-0.4, -0.2) is 25.1 Å². The second-order valence-electron chi connectivity index (χ2n) is 4.90. The van der Waals surface area contributed by atoms with Crippen molar-refractivity contribution in [3.8, 4) is 5.75 Å². The number of pyridine rings is 1. The summed E-state index contributed by atoms with van der Waals surface area (Å²) in [5.41, 5.74) is 3.32. The summed E-state index contributed by atoms with van der Waals surface area (Å²) in [5, 5.41) is 6.55. The molecule has 2 N–H and O–H groups in total. The number of rotatable bonds is 5. The molecular weight excluding hydrogens is 276 g/mol. The topological polar surface area (TPSA) is 58.5 Å². The highest BCUT2D eigenvalue weighted by Gasteiger charge is 2.02. The first-order valence-electron chi connectivity index (χ1n) is 7.21. The number of hydrogen-bond acceptors (Lipinski definition) is 3. The Balaban J connectivity index is 1.89. The molecule has 0 spiro atoms. The van der Waals surface area contributed by atoms with Crippen molar-refractivity contribution < 1.29 is 4.74 Å². The molecule has 0 unspecified atom stereocenters. The minimum Gasteiger partial charge on any atom is -0.497 e. The first-order chi connectivity index (χ1) is 10.7. The maximum absolute atomic E-state index is 5.22. The highest BCUT2D eigenvalue weighted by molar-refractivity contribution is 5.79. The summed E-state index contributed by atoms with van der Waals surface area (Å²) >= 11 is 0. The molecule has 1 aromatic carbocycles. The van der Waals surface area contributed by atoms with Crippen molar-refractivity contribution in [1.82, 2.24) is 15.6 Å².